The number of rotatable bonds is 10. The SMILES string of the molecule is Cc1cccc(-c2cc(C(C)(C)C)ccc2N(c2ccc(C(C)C)cc2)c2ccc3c4cc5c(cc4n4c6ccccc6c2c34)c2ccc(N(c3ccc(C(C)C)cc3)c3ccc(C(C)(C)C)cc3-c3cccc(C)c3)c3c4ccccc4n5c23)c1. The van der Waals surface area contributed by atoms with Gasteiger partial charge in [0.1, 0.15) is 0 Å². The second-order valence-corrected chi connectivity index (χ2v) is 27.2. The number of aryl methyl sites for hydroxylation is 2. The fourth-order valence-corrected chi connectivity index (χ4v) is 14.2. The van der Waals surface area contributed by atoms with Crippen LogP contribution in [0.3, 0.4) is 0 Å². The van der Waals surface area contributed by atoms with Gasteiger partial charge in [-0.15, -0.1) is 0 Å². The van der Waals surface area contributed by atoms with Gasteiger partial charge in [-0.1, -0.05) is 214 Å². The Bertz CT molecular complexity index is 4820. The van der Waals surface area contributed by atoms with Crippen molar-refractivity contribution in [2.75, 3.05) is 9.80 Å². The summed E-state index contributed by atoms with van der Waals surface area (Å²) in [5, 5.41) is 9.97. The zero-order valence-corrected chi connectivity index (χ0v) is 51.7. The Morgan fingerprint density at radius 2 is 0.709 bits per heavy atom. The number of fused-ring (bicyclic) bond motifs is 12. The highest BCUT2D eigenvalue weighted by atomic mass is 15.2. The third-order valence-corrected chi connectivity index (χ3v) is 18.7. The lowest BCUT2D eigenvalue weighted by Crippen LogP contribution is -2.15. The summed E-state index contributed by atoms with van der Waals surface area (Å²) in [4.78, 5) is 5.10. The molecule has 86 heavy (non-hydrogen) atoms. The van der Waals surface area contributed by atoms with Crippen molar-refractivity contribution >= 4 is 110 Å². The Morgan fingerprint density at radius 3 is 1.08 bits per heavy atom. The van der Waals surface area contributed by atoms with Crippen molar-refractivity contribution < 1.29 is 0 Å². The van der Waals surface area contributed by atoms with Crippen LogP contribution >= 0.6 is 0 Å². The van der Waals surface area contributed by atoms with Gasteiger partial charge in [-0.25, -0.2) is 0 Å². The Balaban J connectivity index is 1.00. The minimum atomic E-state index is -0.0409. The van der Waals surface area contributed by atoms with Crippen LogP contribution in [-0.4, -0.2) is 8.80 Å². The fourth-order valence-electron chi connectivity index (χ4n) is 14.2. The minimum Gasteiger partial charge on any atom is -0.309 e. The second-order valence-electron chi connectivity index (χ2n) is 27.2. The van der Waals surface area contributed by atoms with Gasteiger partial charge in [0, 0.05) is 65.6 Å². The van der Waals surface area contributed by atoms with Crippen LogP contribution in [0.15, 0.2) is 218 Å². The van der Waals surface area contributed by atoms with E-state index in [2.05, 4.69) is 320 Å². The number of benzene rings is 11. The first-order valence-corrected chi connectivity index (χ1v) is 31.0. The number of hydrogen-bond donors (Lipinski definition) is 0. The number of nitrogens with zero attached hydrogens (tertiary/aromatic N) is 4. The lowest BCUT2D eigenvalue weighted by molar-refractivity contribution is 0.590. The topological polar surface area (TPSA) is 15.3 Å². The summed E-state index contributed by atoms with van der Waals surface area (Å²) in [6, 6.07) is 83.9. The molecular weight excluding hydrogens is 1040 g/mol. The van der Waals surface area contributed by atoms with E-state index < -0.39 is 0 Å². The number of para-hydroxylation sites is 2. The van der Waals surface area contributed by atoms with Crippen LogP contribution in [0.25, 0.3) is 98.4 Å². The highest BCUT2D eigenvalue weighted by molar-refractivity contribution is 6.32. The van der Waals surface area contributed by atoms with E-state index in [1.165, 1.54) is 132 Å². The number of hydrogen-bond acceptors (Lipinski definition) is 2. The standard InChI is InChI=1S/C82H74N4/c1-49(2)53-27-33-59(34-28-53)83(71-39-31-57(81(7,8)9)45-65(71)55-21-17-19-51(5)43-55)73-41-37-61-67-47-76-68(48-75(67)85-69-25-15-13-23-63(69)77(73)79(61)85)62-38-42-74(78-64-24-14-16-26-70(64)86(76)80(62)78)84(60-35-29-54(30-36-60)50(3)4)72-40-32-58(82(10,11)12)46-66(72)56-22-18-20-52(6)44-56/h13-50H,1-12H3. The maximum absolute atomic E-state index is 2.58. The van der Waals surface area contributed by atoms with Gasteiger partial charge >= 0.3 is 0 Å². The van der Waals surface area contributed by atoms with E-state index in [0.717, 1.165) is 34.1 Å². The smallest absolute Gasteiger partial charge is 0.0641 e. The lowest BCUT2D eigenvalue weighted by Gasteiger charge is -2.31. The summed E-state index contributed by atoms with van der Waals surface area (Å²) in [7, 11) is 0. The third-order valence-electron chi connectivity index (χ3n) is 18.7. The Hall–Kier alpha value is -9.38. The van der Waals surface area contributed by atoms with Crippen molar-refractivity contribution in [3.8, 4) is 22.3 Å². The van der Waals surface area contributed by atoms with Gasteiger partial charge < -0.3 is 18.6 Å². The van der Waals surface area contributed by atoms with E-state index in [-0.39, 0.29) is 10.8 Å². The van der Waals surface area contributed by atoms with E-state index in [4.69, 9.17) is 0 Å². The van der Waals surface area contributed by atoms with Crippen molar-refractivity contribution in [3.63, 3.8) is 0 Å². The van der Waals surface area contributed by atoms with Gasteiger partial charge in [0.2, 0.25) is 0 Å². The predicted octanol–water partition coefficient (Wildman–Crippen LogP) is 23.7. The van der Waals surface area contributed by atoms with Crippen LogP contribution in [-0.2, 0) is 10.8 Å². The first kappa shape index (κ1) is 53.4. The third kappa shape index (κ3) is 8.31. The molecule has 0 fully saturated rings. The first-order chi connectivity index (χ1) is 41.4. The highest BCUT2D eigenvalue weighted by Gasteiger charge is 2.31. The summed E-state index contributed by atoms with van der Waals surface area (Å²) >= 11 is 0. The molecule has 4 heterocycles. The molecule has 0 amide bonds. The van der Waals surface area contributed by atoms with Gasteiger partial charge in [-0.2, -0.15) is 0 Å². The molecule has 0 saturated carbocycles. The van der Waals surface area contributed by atoms with Gasteiger partial charge in [0.25, 0.3) is 0 Å². The largest absolute Gasteiger partial charge is 0.309 e. The van der Waals surface area contributed by atoms with Gasteiger partial charge in [0.05, 0.1) is 55.8 Å². The summed E-state index contributed by atoms with van der Waals surface area (Å²) < 4.78 is 5.16. The zero-order chi connectivity index (χ0) is 59.2. The van der Waals surface area contributed by atoms with E-state index in [1.54, 1.807) is 0 Å². The van der Waals surface area contributed by atoms with Crippen LogP contribution in [0.4, 0.5) is 34.1 Å². The minimum absolute atomic E-state index is 0.0409. The van der Waals surface area contributed by atoms with E-state index in [9.17, 15) is 0 Å². The van der Waals surface area contributed by atoms with Crippen LogP contribution < -0.4 is 9.80 Å². The number of anilines is 6. The average molecular weight is 1120 g/mol. The summed E-state index contributed by atoms with van der Waals surface area (Å²) in [5.74, 6) is 0.825. The molecule has 0 radical (unpaired) electrons. The molecule has 0 aliphatic carbocycles. The van der Waals surface area contributed by atoms with E-state index in [0.29, 0.717) is 11.8 Å². The Labute approximate surface area is 505 Å². The highest BCUT2D eigenvalue weighted by Crippen LogP contribution is 2.54. The molecule has 0 bridgehead atoms. The summed E-state index contributed by atoms with van der Waals surface area (Å²) in [6.45, 7) is 27.4. The second kappa shape index (κ2) is 19.6. The van der Waals surface area contributed by atoms with Crippen LogP contribution in [0, 0.1) is 13.8 Å². The molecule has 0 aliphatic heterocycles. The quantitative estimate of drug-likeness (QED) is 0.136. The molecule has 0 aliphatic rings. The molecule has 11 aromatic carbocycles. The Morgan fingerprint density at radius 1 is 0.326 bits per heavy atom. The lowest BCUT2D eigenvalue weighted by atomic mass is 9.84. The van der Waals surface area contributed by atoms with Crippen LogP contribution in [0.5, 0.6) is 0 Å². The molecule has 15 aromatic rings. The molecule has 0 spiro atoms. The normalized spacial score (nSPS) is 12.6. The van der Waals surface area contributed by atoms with E-state index in [1.807, 2.05) is 0 Å². The van der Waals surface area contributed by atoms with Gasteiger partial charge in [-0.3, -0.25) is 0 Å². The van der Waals surface area contributed by atoms with Crippen molar-refractivity contribution in [2.24, 2.45) is 0 Å². The predicted molar refractivity (Wildman–Crippen MR) is 371 cm³/mol. The molecule has 4 heteroatoms. The molecule has 0 saturated heterocycles. The van der Waals surface area contributed by atoms with Gasteiger partial charge in [0.15, 0.2) is 0 Å². The molecule has 15 rings (SSSR count). The molecule has 422 valence electrons. The zero-order valence-electron chi connectivity index (χ0n) is 51.7. The first-order valence-electron chi connectivity index (χ1n) is 31.0. The van der Waals surface area contributed by atoms with Gasteiger partial charge in [-0.05, 0) is 155 Å². The maximum Gasteiger partial charge on any atom is 0.0641 e. The van der Waals surface area contributed by atoms with Crippen molar-refractivity contribution in [1.29, 1.82) is 0 Å². The van der Waals surface area contributed by atoms with Crippen molar-refractivity contribution in [3.05, 3.63) is 252 Å². The fraction of sp³-hybridized carbons (Fsp3) is 0.195. The summed E-state index contributed by atoms with van der Waals surface area (Å²) in [6.07, 6.45) is 0. The number of aromatic nitrogens is 2. The van der Waals surface area contributed by atoms with Crippen LogP contribution in [0.2, 0.25) is 0 Å². The van der Waals surface area contributed by atoms with Crippen LogP contribution in [0.1, 0.15) is 114 Å². The molecule has 4 aromatic heterocycles. The average Bonchev–Trinajstić information content (AvgIpc) is 1.56. The molecule has 4 nitrogen and oxygen atoms in total. The summed E-state index contributed by atoms with van der Waals surface area (Å²) in [5.41, 5.74) is 26.8. The Kier molecular flexibility index (Phi) is 12.2. The molecule has 0 N–H and O–H groups in total. The molecule has 0 atom stereocenters. The van der Waals surface area contributed by atoms with E-state index >= 15 is 0 Å². The monoisotopic (exact) mass is 1110 g/mol. The molecular formula is C82H74N4. The van der Waals surface area contributed by atoms with Crippen molar-refractivity contribution in [1.82, 2.24) is 8.80 Å². The van der Waals surface area contributed by atoms with Crippen molar-refractivity contribution in [2.45, 2.75) is 106 Å². The molecule has 0 unspecified atom stereocenters. The maximum atomic E-state index is 2.58.